The Balaban J connectivity index is 1.66. The van der Waals surface area contributed by atoms with Crippen LogP contribution in [-0.4, -0.2) is 54.6 Å². The Morgan fingerprint density at radius 3 is 0.445 bits per heavy atom. The maximum absolute atomic E-state index is 7.05. The molecule has 0 aliphatic heterocycles. The van der Waals surface area contributed by atoms with Crippen LogP contribution in [0.15, 0.2) is 54.6 Å². The number of hydrogen-bond acceptors (Lipinski definition) is 11. The minimum Gasteiger partial charge on any atom is -0.489 e. The minimum atomic E-state index is 0.413. The molecule has 1 aromatic heterocycles. The Morgan fingerprint density at radius 1 is 0.158 bits per heavy atom. The number of aromatic nitrogens is 3. The molecule has 0 saturated carbocycles. The molecule has 11 nitrogen and oxygen atoms in total. The van der Waals surface area contributed by atoms with Gasteiger partial charge in [0.15, 0.2) is 28.8 Å². The number of rotatable bonds is 119. The van der Waals surface area contributed by atoms with Gasteiger partial charge in [0.1, 0.15) is 0 Å². The second kappa shape index (κ2) is 107. The second-order valence-corrected chi connectivity index (χ2v) is 45.6. The number of hydrogen-bond donors (Lipinski definition) is 2. The van der Waals surface area contributed by atoms with Gasteiger partial charge >= 0.3 is 0 Å². The van der Waals surface area contributed by atoms with Gasteiger partial charge in [-0.2, -0.15) is 15.0 Å². The maximum atomic E-state index is 7.05. The average Bonchev–Trinajstić information content (AvgIpc) is 0.801. The number of benzene rings is 3. The van der Waals surface area contributed by atoms with Crippen molar-refractivity contribution in [3.63, 3.8) is 0 Å². The van der Waals surface area contributed by atoms with Crippen LogP contribution in [0.4, 0.5) is 23.3 Å². The van der Waals surface area contributed by atoms with Crippen LogP contribution in [0.25, 0.3) is 11.4 Å². The van der Waals surface area contributed by atoms with E-state index in [1.807, 2.05) is 0 Å². The molecular weight excluding hydrogens is 1790 g/mol. The highest BCUT2D eigenvalue weighted by Crippen LogP contribution is 2.45. The highest BCUT2D eigenvalue weighted by atomic mass is 16.5. The Kier molecular flexibility index (Phi) is 97.8. The third-order valence-electron chi connectivity index (χ3n) is 31.2. The van der Waals surface area contributed by atoms with Gasteiger partial charge in [0.05, 0.1) is 39.6 Å². The van der Waals surface area contributed by atoms with E-state index in [-0.39, 0.29) is 0 Å². The first kappa shape index (κ1) is 133. The van der Waals surface area contributed by atoms with Gasteiger partial charge in [-0.15, -0.1) is 0 Å². The van der Waals surface area contributed by atoms with Gasteiger partial charge in [-0.1, -0.05) is 688 Å². The number of unbranched alkanes of at least 4 members (excludes halogenated alkanes) is 96. The molecule has 0 aliphatic rings. The molecule has 0 saturated heterocycles. The maximum Gasteiger partial charge on any atom is 0.232 e. The van der Waals surface area contributed by atoms with E-state index in [0.29, 0.717) is 91.9 Å². The van der Waals surface area contributed by atoms with Crippen molar-refractivity contribution in [2.45, 2.75) is 696 Å². The van der Waals surface area contributed by atoms with Crippen LogP contribution in [-0.2, 0) is 0 Å². The van der Waals surface area contributed by atoms with Crippen LogP contribution in [0.3, 0.4) is 0 Å². The summed E-state index contributed by atoms with van der Waals surface area (Å²) in [6, 6.07) is 18.8. The first-order valence-electron chi connectivity index (χ1n) is 66.0. The molecule has 146 heavy (non-hydrogen) atoms. The van der Waals surface area contributed by atoms with Crippen molar-refractivity contribution in [1.82, 2.24) is 15.0 Å². The lowest BCUT2D eigenvalue weighted by Crippen LogP contribution is -2.09. The summed E-state index contributed by atoms with van der Waals surface area (Å²) in [4.78, 5) is 15.8. The topological polar surface area (TPSA) is 118 Å². The van der Waals surface area contributed by atoms with Crippen LogP contribution in [0, 0.1) is 0 Å². The van der Waals surface area contributed by atoms with E-state index in [4.69, 9.17) is 43.4 Å². The van der Waals surface area contributed by atoms with Crippen molar-refractivity contribution in [3.05, 3.63) is 54.6 Å². The Labute approximate surface area is 908 Å². The zero-order valence-corrected chi connectivity index (χ0v) is 98.4. The molecule has 3 aromatic carbocycles. The predicted molar refractivity (Wildman–Crippen MR) is 643 cm³/mol. The summed E-state index contributed by atoms with van der Waals surface area (Å²) >= 11 is 0. The molecule has 0 atom stereocenters. The van der Waals surface area contributed by atoms with Crippen LogP contribution < -0.4 is 39.1 Å². The summed E-state index contributed by atoms with van der Waals surface area (Å²) in [5.41, 5.74) is 2.46. The van der Waals surface area contributed by atoms with Crippen LogP contribution >= 0.6 is 0 Å². The molecule has 11 heteroatoms. The van der Waals surface area contributed by atoms with Crippen LogP contribution in [0.2, 0.25) is 0 Å². The summed E-state index contributed by atoms with van der Waals surface area (Å²) < 4.78 is 42.3. The lowest BCUT2D eigenvalue weighted by molar-refractivity contribution is 0.234. The Hall–Kier alpha value is -4.93. The van der Waals surface area contributed by atoms with Gasteiger partial charge < -0.3 is 39.1 Å². The average molecular weight is 2030 g/mol. The molecule has 0 radical (unpaired) electrons. The van der Waals surface area contributed by atoms with Gasteiger partial charge in [-0.05, 0) is 38.5 Å². The van der Waals surface area contributed by atoms with E-state index in [9.17, 15) is 0 Å². The summed E-state index contributed by atoms with van der Waals surface area (Å²) in [7, 11) is 0. The Bertz CT molecular complexity index is 3000. The SMILES string of the molecule is CCCCCCCCCCCCCCCCCCCOc1cc(Nc2nc(Nc3cc(OCCCCCCCCCCCCCCCCCCC)c(OCCCCCCCCCCCCCCCCCCC)c(OCCCCCCCCCCCCCCCCCCC)c3)nc(-c3ccccc3)n2)cc(OCCCCCCCCCCCCCCCCCCC)c1OCCCCCCCCCCCCCCCCCCC. The summed E-state index contributed by atoms with van der Waals surface area (Å²) in [5, 5.41) is 7.51. The molecule has 846 valence electrons. The normalized spacial score (nSPS) is 11.6. The van der Waals surface area contributed by atoms with Crippen molar-refractivity contribution in [2.75, 3.05) is 50.3 Å². The number of anilines is 4. The van der Waals surface area contributed by atoms with Crippen LogP contribution in [0.1, 0.15) is 696 Å². The molecule has 0 aliphatic carbocycles. The van der Waals surface area contributed by atoms with Crippen molar-refractivity contribution < 1.29 is 28.4 Å². The van der Waals surface area contributed by atoms with Crippen LogP contribution in [0.5, 0.6) is 34.5 Å². The first-order valence-corrected chi connectivity index (χ1v) is 66.0. The molecule has 0 unspecified atom stereocenters. The first-order chi connectivity index (χ1) is 72.5. The molecule has 0 amide bonds. The van der Waals surface area contributed by atoms with Gasteiger partial charge in [0.25, 0.3) is 0 Å². The van der Waals surface area contributed by atoms with Gasteiger partial charge in [-0.25, -0.2) is 0 Å². The third-order valence-corrected chi connectivity index (χ3v) is 31.2. The fraction of sp³-hybridized carbons (Fsp3) is 0.844. The second-order valence-electron chi connectivity index (χ2n) is 45.6. The van der Waals surface area contributed by atoms with Crippen molar-refractivity contribution >= 4 is 23.3 Å². The molecule has 4 aromatic rings. The number of ether oxygens (including phenoxy) is 6. The van der Waals surface area contributed by atoms with E-state index in [1.54, 1.807) is 0 Å². The highest BCUT2D eigenvalue weighted by Gasteiger charge is 2.22. The van der Waals surface area contributed by atoms with Crippen molar-refractivity contribution in [3.8, 4) is 45.9 Å². The molecule has 4 rings (SSSR count). The molecule has 1 heterocycles. The quantitative estimate of drug-likeness (QED) is 0.0412. The van der Waals surface area contributed by atoms with Gasteiger partial charge in [-0.3, -0.25) is 0 Å². The van der Waals surface area contributed by atoms with Crippen molar-refractivity contribution in [1.29, 1.82) is 0 Å². The third kappa shape index (κ3) is 82.7. The van der Waals surface area contributed by atoms with Gasteiger partial charge in [0.2, 0.25) is 23.4 Å². The lowest BCUT2D eigenvalue weighted by Gasteiger charge is -2.20. The molecule has 0 bridgehead atoms. The van der Waals surface area contributed by atoms with E-state index in [0.717, 1.165) is 94.0 Å². The van der Waals surface area contributed by atoms with E-state index >= 15 is 0 Å². The molecule has 0 fully saturated rings. The van der Waals surface area contributed by atoms with E-state index < -0.39 is 0 Å². The van der Waals surface area contributed by atoms with E-state index in [1.165, 1.54) is 578 Å². The fourth-order valence-corrected chi connectivity index (χ4v) is 21.5. The predicted octanol–water partition coefficient (Wildman–Crippen LogP) is 47.2. The Morgan fingerprint density at radius 2 is 0.295 bits per heavy atom. The standard InChI is InChI=1S/C135H245N5O6/c1-7-13-19-25-31-37-43-49-55-61-67-73-79-85-91-97-106-114-141-127-120-125(121-128(142-115-107-98-92-86-80-74-68-62-56-50-44-38-32-26-20-14-8-2)131(127)145-118-110-101-95-89-83-77-71-65-59-53-47-41-35-29-23-17-11-5)136-134-138-133(124-112-104-103-105-113-124)139-135(140-134)137-126-122-129(143-116-108-99-93-87-81-75-69-63-57-51-45-39-33-27-21-15-9-3)132(146-119-111-102-96-90-84-78-72-66-60-54-48-42-36-30-24-18-12-6)130(123-126)144-117-109-100-94-88-82-76-70-64-58-52-46-40-34-28-22-16-10-4/h103-105,112-113,120-123H,7-102,106-111,114-119H2,1-6H3,(H2,136,137,138,139,140). The monoisotopic (exact) mass is 2030 g/mol. The largest absolute Gasteiger partial charge is 0.489 e. The molecular formula is C135H245N5O6. The minimum absolute atomic E-state index is 0.413. The highest BCUT2D eigenvalue weighted by molar-refractivity contribution is 5.70. The zero-order chi connectivity index (χ0) is 103. The van der Waals surface area contributed by atoms with E-state index in [2.05, 4.69) is 107 Å². The lowest BCUT2D eigenvalue weighted by atomic mass is 10.0. The van der Waals surface area contributed by atoms with Gasteiger partial charge in [0, 0.05) is 41.2 Å². The molecule has 2 N–H and O–H groups in total. The summed E-state index contributed by atoms with van der Waals surface area (Å²) in [5.74, 6) is 5.66. The molecule has 0 spiro atoms. The number of nitrogens with one attached hydrogen (secondary N) is 2. The zero-order valence-electron chi connectivity index (χ0n) is 98.4. The summed E-state index contributed by atoms with van der Waals surface area (Å²) in [6.07, 6.45) is 137. The smallest absolute Gasteiger partial charge is 0.232 e. The van der Waals surface area contributed by atoms with Crippen molar-refractivity contribution in [2.24, 2.45) is 0 Å². The fourth-order valence-electron chi connectivity index (χ4n) is 21.5. The summed E-state index contributed by atoms with van der Waals surface area (Å²) in [6.45, 7) is 17.6. The number of nitrogens with zero attached hydrogens (tertiary/aromatic N) is 3.